The van der Waals surface area contributed by atoms with Crippen LogP contribution < -0.4 is 4.90 Å². The number of nitrogens with zero attached hydrogens (tertiary/aromatic N) is 2. The van der Waals surface area contributed by atoms with Crippen LogP contribution in [0.3, 0.4) is 0 Å². The van der Waals surface area contributed by atoms with Gasteiger partial charge in [0, 0.05) is 32.9 Å². The molecule has 0 radical (unpaired) electrons. The average Bonchev–Trinajstić information content (AvgIpc) is 2.47. The zero-order valence-electron chi connectivity index (χ0n) is 12.8. The van der Waals surface area contributed by atoms with Crippen LogP contribution >= 0.6 is 11.8 Å². The monoisotopic (exact) mass is 292 g/mol. The summed E-state index contributed by atoms with van der Waals surface area (Å²) in [7, 11) is 4.10. The van der Waals surface area contributed by atoms with Gasteiger partial charge >= 0.3 is 0 Å². The Morgan fingerprint density at radius 2 is 2.15 bits per heavy atom. The molecule has 1 atom stereocenters. The van der Waals surface area contributed by atoms with E-state index in [4.69, 9.17) is 0 Å². The van der Waals surface area contributed by atoms with E-state index in [1.54, 1.807) is 11.8 Å². The Kier molecular flexibility index (Phi) is 4.97. The largest absolute Gasteiger partial charge is 0.378 e. The van der Waals surface area contributed by atoms with Gasteiger partial charge in [-0.1, -0.05) is 13.0 Å². The predicted molar refractivity (Wildman–Crippen MR) is 87.5 cm³/mol. The molecule has 1 aliphatic rings. The fraction of sp³-hybridized carbons (Fsp3) is 0.562. The SMILES string of the molecule is CC[C@H](SC)C(=O)N1CCc2ccc(N(C)C)cc2C1. The highest BCUT2D eigenvalue weighted by Crippen LogP contribution is 2.25. The van der Waals surface area contributed by atoms with Crippen molar-refractivity contribution in [2.45, 2.75) is 31.6 Å². The Labute approximate surface area is 126 Å². The Hall–Kier alpha value is -1.16. The second kappa shape index (κ2) is 6.53. The molecule has 4 heteroatoms. The van der Waals surface area contributed by atoms with E-state index < -0.39 is 0 Å². The molecule has 1 aliphatic heterocycles. The number of rotatable bonds is 4. The van der Waals surface area contributed by atoms with Gasteiger partial charge in [-0.25, -0.2) is 0 Å². The van der Waals surface area contributed by atoms with Gasteiger partial charge in [-0.15, -0.1) is 0 Å². The molecule has 1 aromatic carbocycles. The van der Waals surface area contributed by atoms with Crippen molar-refractivity contribution in [3.63, 3.8) is 0 Å². The number of anilines is 1. The van der Waals surface area contributed by atoms with E-state index in [1.807, 2.05) is 25.3 Å². The molecule has 0 spiro atoms. The third kappa shape index (κ3) is 3.11. The van der Waals surface area contributed by atoms with Crippen molar-refractivity contribution in [3.05, 3.63) is 29.3 Å². The number of thioether (sulfide) groups is 1. The number of benzene rings is 1. The number of amides is 1. The number of hydrogen-bond donors (Lipinski definition) is 0. The second-order valence-corrected chi connectivity index (χ2v) is 6.53. The maximum Gasteiger partial charge on any atom is 0.235 e. The minimum Gasteiger partial charge on any atom is -0.378 e. The lowest BCUT2D eigenvalue weighted by atomic mass is 9.98. The minimum absolute atomic E-state index is 0.105. The molecule has 3 nitrogen and oxygen atoms in total. The first-order valence-electron chi connectivity index (χ1n) is 7.17. The molecule has 0 bridgehead atoms. The van der Waals surface area contributed by atoms with Gasteiger partial charge in [0.25, 0.3) is 0 Å². The van der Waals surface area contributed by atoms with Crippen LogP contribution in [0, 0.1) is 0 Å². The standard InChI is InChI=1S/C16H24N2OS/c1-5-15(20-4)16(19)18-9-8-12-6-7-14(17(2)3)10-13(12)11-18/h6-7,10,15H,5,8-9,11H2,1-4H3/t15-/m0/s1. The van der Waals surface area contributed by atoms with Crippen molar-refractivity contribution < 1.29 is 4.79 Å². The van der Waals surface area contributed by atoms with Gasteiger partial charge in [0.05, 0.1) is 5.25 Å². The quantitative estimate of drug-likeness (QED) is 0.852. The molecular weight excluding hydrogens is 268 g/mol. The summed E-state index contributed by atoms with van der Waals surface area (Å²) in [5.41, 5.74) is 3.89. The highest BCUT2D eigenvalue weighted by molar-refractivity contribution is 7.99. The third-order valence-corrected chi connectivity index (χ3v) is 5.06. The molecule has 20 heavy (non-hydrogen) atoms. The summed E-state index contributed by atoms with van der Waals surface area (Å²) in [6.07, 6.45) is 3.90. The molecule has 0 saturated heterocycles. The van der Waals surface area contributed by atoms with E-state index in [0.717, 1.165) is 25.9 Å². The van der Waals surface area contributed by atoms with Crippen LogP contribution in [0.15, 0.2) is 18.2 Å². The van der Waals surface area contributed by atoms with E-state index in [1.165, 1.54) is 16.8 Å². The summed E-state index contributed by atoms with van der Waals surface area (Å²) in [4.78, 5) is 16.6. The minimum atomic E-state index is 0.105. The number of carbonyl (C=O) groups is 1. The molecule has 0 fully saturated rings. The number of fused-ring (bicyclic) bond motifs is 1. The van der Waals surface area contributed by atoms with E-state index in [-0.39, 0.29) is 5.25 Å². The van der Waals surface area contributed by atoms with Crippen molar-refractivity contribution in [1.82, 2.24) is 4.90 Å². The molecular formula is C16H24N2OS. The van der Waals surface area contributed by atoms with Crippen molar-refractivity contribution in [2.24, 2.45) is 0 Å². The van der Waals surface area contributed by atoms with Crippen LogP contribution in [0.25, 0.3) is 0 Å². The topological polar surface area (TPSA) is 23.6 Å². The van der Waals surface area contributed by atoms with Gasteiger partial charge in [0.15, 0.2) is 0 Å². The molecule has 1 heterocycles. The van der Waals surface area contributed by atoms with Crippen LogP contribution in [0.2, 0.25) is 0 Å². The molecule has 0 unspecified atom stereocenters. The normalized spacial score (nSPS) is 15.7. The van der Waals surface area contributed by atoms with Gasteiger partial charge in [0.1, 0.15) is 0 Å². The van der Waals surface area contributed by atoms with Gasteiger partial charge in [0.2, 0.25) is 5.91 Å². The van der Waals surface area contributed by atoms with Crippen molar-refractivity contribution in [3.8, 4) is 0 Å². The van der Waals surface area contributed by atoms with Crippen molar-refractivity contribution >= 4 is 23.4 Å². The van der Waals surface area contributed by atoms with Gasteiger partial charge in [-0.2, -0.15) is 11.8 Å². The zero-order chi connectivity index (χ0) is 14.7. The molecule has 2 rings (SSSR count). The lowest BCUT2D eigenvalue weighted by Crippen LogP contribution is -2.40. The summed E-state index contributed by atoms with van der Waals surface area (Å²) in [5.74, 6) is 0.293. The first-order chi connectivity index (χ1) is 9.56. The highest BCUT2D eigenvalue weighted by Gasteiger charge is 2.25. The molecule has 0 saturated carbocycles. The lowest BCUT2D eigenvalue weighted by molar-refractivity contribution is -0.131. The van der Waals surface area contributed by atoms with E-state index in [0.29, 0.717) is 5.91 Å². The van der Waals surface area contributed by atoms with Crippen LogP contribution in [0.4, 0.5) is 5.69 Å². The predicted octanol–water partition coefficient (Wildman–Crippen LogP) is 2.78. The van der Waals surface area contributed by atoms with Crippen LogP contribution in [0.1, 0.15) is 24.5 Å². The summed E-state index contributed by atoms with van der Waals surface area (Å²) in [5, 5.41) is 0.105. The van der Waals surface area contributed by atoms with Gasteiger partial charge in [-0.3, -0.25) is 4.79 Å². The first kappa shape index (κ1) is 15.2. The van der Waals surface area contributed by atoms with Crippen molar-refractivity contribution in [2.75, 3.05) is 31.8 Å². The van der Waals surface area contributed by atoms with Gasteiger partial charge < -0.3 is 9.80 Å². The Balaban J connectivity index is 2.17. The van der Waals surface area contributed by atoms with E-state index in [2.05, 4.69) is 30.0 Å². The fourth-order valence-electron chi connectivity index (χ4n) is 2.66. The fourth-order valence-corrected chi connectivity index (χ4v) is 3.34. The van der Waals surface area contributed by atoms with Gasteiger partial charge in [-0.05, 0) is 42.4 Å². The first-order valence-corrected chi connectivity index (χ1v) is 8.46. The van der Waals surface area contributed by atoms with E-state index >= 15 is 0 Å². The number of hydrogen-bond acceptors (Lipinski definition) is 3. The Bertz CT molecular complexity index is 483. The Morgan fingerprint density at radius 3 is 2.75 bits per heavy atom. The van der Waals surface area contributed by atoms with Crippen LogP contribution in [0.5, 0.6) is 0 Å². The molecule has 0 aliphatic carbocycles. The van der Waals surface area contributed by atoms with Crippen molar-refractivity contribution in [1.29, 1.82) is 0 Å². The summed E-state index contributed by atoms with van der Waals surface area (Å²) < 4.78 is 0. The molecule has 110 valence electrons. The Morgan fingerprint density at radius 1 is 1.40 bits per heavy atom. The lowest BCUT2D eigenvalue weighted by Gasteiger charge is -2.32. The van der Waals surface area contributed by atoms with Crippen LogP contribution in [-0.2, 0) is 17.8 Å². The second-order valence-electron chi connectivity index (χ2n) is 5.49. The van der Waals surface area contributed by atoms with E-state index in [9.17, 15) is 4.79 Å². The average molecular weight is 292 g/mol. The number of carbonyl (C=O) groups excluding carboxylic acids is 1. The zero-order valence-corrected chi connectivity index (χ0v) is 13.7. The summed E-state index contributed by atoms with van der Waals surface area (Å²) in [6.45, 7) is 3.69. The highest BCUT2D eigenvalue weighted by atomic mass is 32.2. The maximum atomic E-state index is 12.5. The molecule has 0 N–H and O–H groups in total. The molecule has 1 amide bonds. The third-order valence-electron chi connectivity index (χ3n) is 3.96. The smallest absolute Gasteiger partial charge is 0.235 e. The summed E-state index contributed by atoms with van der Waals surface area (Å²) >= 11 is 1.66. The molecule has 0 aromatic heterocycles. The van der Waals surface area contributed by atoms with Crippen LogP contribution in [-0.4, -0.2) is 43.0 Å². The summed E-state index contributed by atoms with van der Waals surface area (Å²) in [6, 6.07) is 6.58. The molecule has 1 aromatic rings. The maximum absolute atomic E-state index is 12.5.